The number of rotatable bonds is 8. The van der Waals surface area contributed by atoms with Crippen LogP contribution in [-0.2, 0) is 0 Å². The van der Waals surface area contributed by atoms with Gasteiger partial charge in [0.25, 0.3) is 0 Å². The number of oxazole rings is 1. The van der Waals surface area contributed by atoms with Gasteiger partial charge in [-0.2, -0.15) is 0 Å². The average molecular weight is 1400 g/mol. The molecule has 8 aromatic carbocycles. The van der Waals surface area contributed by atoms with E-state index in [1.54, 1.807) is 31.2 Å². The predicted octanol–water partition coefficient (Wildman–Crippen LogP) is 25.4. The van der Waals surface area contributed by atoms with Gasteiger partial charge in [0.15, 0.2) is 12.0 Å². The zero-order valence-electron chi connectivity index (χ0n) is 62.1. The molecule has 0 radical (unpaired) electrons. The van der Waals surface area contributed by atoms with Gasteiger partial charge < -0.3 is 24.4 Å². The van der Waals surface area contributed by atoms with Gasteiger partial charge in [0, 0.05) is 47.3 Å². The number of fused-ring (bicyclic) bond motifs is 8. The van der Waals surface area contributed by atoms with Crippen LogP contribution in [0.4, 0.5) is 0 Å². The Hall–Kier alpha value is -10.1. The van der Waals surface area contributed by atoms with Crippen molar-refractivity contribution in [2.75, 3.05) is 0 Å². The fraction of sp³-hybridized carbons (Fsp3) is 0.287. The second-order valence-corrected chi connectivity index (χ2v) is 28.9. The molecule has 4 N–H and O–H groups in total. The molecular weight excluding hydrogens is 1300 g/mol. The maximum absolute atomic E-state index is 6.14. The molecule has 102 heavy (non-hydrogen) atoms. The van der Waals surface area contributed by atoms with Crippen molar-refractivity contribution < 1.29 is 4.42 Å². The number of benzene rings is 8. The molecule has 0 fully saturated rings. The standard InChI is InChI=1S/C12H12ClN.C12H13N.C11H14N2.C11H12N2.C11H13N.C10H11ClN2.C10H12N2.C10H11NO/c1-8(2)10-6-9-4-3-5-14-12(9)11(13)7-10;1-9(2)10-5-6-12-11(8-10)4-3-7-13-12;1-7(2)9-4-5-10-11(6-9)13-8(3)12-10;1-8(2)9-3-4-10-11(7-9)13-6-5-12-10;1-8(2)9-3-4-11-10(7-9)5-6-12-11;1-6(2)7-3-8(11)10-9(4-7)12-5-13-10;1-7(2)8-3-4-9-10(5-8)12-6-11-9;1-7(2)8-3-4-10-9(5-8)11-6-12-10/h3-8H,1-2H3;3-9H,1-2H3;4-7H,1-3H3,(H,12,13);3-8H,1-2H3;3-8,12H,1-2H3;3-6H,1-2H3,(H,12,13);3-7H,1-2H3,(H,11,12);3-7H,1-2H3. The molecule has 13 nitrogen and oxygen atoms in total. The van der Waals surface area contributed by atoms with E-state index in [4.69, 9.17) is 27.6 Å². The molecule has 16 aromatic rings. The van der Waals surface area contributed by atoms with E-state index in [0.29, 0.717) is 47.3 Å². The van der Waals surface area contributed by atoms with Crippen molar-refractivity contribution in [2.45, 2.75) is 165 Å². The number of aryl methyl sites for hydroxylation is 1. The fourth-order valence-electron chi connectivity index (χ4n) is 11.1. The fourth-order valence-corrected chi connectivity index (χ4v) is 11.7. The van der Waals surface area contributed by atoms with Crippen LogP contribution in [0.3, 0.4) is 0 Å². The second kappa shape index (κ2) is 36.0. The normalized spacial score (nSPS) is 11.2. The highest BCUT2D eigenvalue weighted by atomic mass is 35.5. The number of imidazole rings is 3. The molecule has 0 aliphatic heterocycles. The number of H-pyrrole nitrogens is 4. The van der Waals surface area contributed by atoms with E-state index in [9.17, 15) is 0 Å². The maximum atomic E-state index is 6.14. The van der Waals surface area contributed by atoms with E-state index in [1.807, 2.05) is 61.8 Å². The lowest BCUT2D eigenvalue weighted by molar-refractivity contribution is 0.602. The summed E-state index contributed by atoms with van der Waals surface area (Å²) in [4.78, 5) is 46.4. The van der Waals surface area contributed by atoms with E-state index < -0.39 is 0 Å². The molecule has 0 aliphatic carbocycles. The van der Waals surface area contributed by atoms with Crippen LogP contribution in [0.5, 0.6) is 0 Å². The van der Waals surface area contributed by atoms with E-state index in [-0.39, 0.29) is 0 Å². The second-order valence-electron chi connectivity index (χ2n) is 28.1. The third kappa shape index (κ3) is 20.8. The number of aromatic amines is 4. The number of hydrogen-bond donors (Lipinski definition) is 4. The van der Waals surface area contributed by atoms with Crippen LogP contribution < -0.4 is 0 Å². The lowest BCUT2D eigenvalue weighted by Crippen LogP contribution is -1.89. The van der Waals surface area contributed by atoms with Crippen LogP contribution in [0.25, 0.3) is 87.9 Å². The number of pyridine rings is 2. The Kier molecular flexibility index (Phi) is 26.9. The summed E-state index contributed by atoms with van der Waals surface area (Å²) in [6, 6.07) is 56.6. The molecule has 8 aromatic heterocycles. The highest BCUT2D eigenvalue weighted by Gasteiger charge is 2.10. The van der Waals surface area contributed by atoms with Gasteiger partial charge in [-0.25, -0.2) is 19.9 Å². The Balaban J connectivity index is 0.000000136. The lowest BCUT2D eigenvalue weighted by Gasteiger charge is -2.07. The van der Waals surface area contributed by atoms with Crippen LogP contribution in [0.1, 0.15) is 208 Å². The highest BCUT2D eigenvalue weighted by molar-refractivity contribution is 6.35. The van der Waals surface area contributed by atoms with Gasteiger partial charge in [0.2, 0.25) is 0 Å². The van der Waals surface area contributed by atoms with Gasteiger partial charge in [-0.1, -0.05) is 183 Å². The summed E-state index contributed by atoms with van der Waals surface area (Å²) in [6.45, 7) is 36.9. The zero-order chi connectivity index (χ0) is 73.1. The third-order valence-corrected chi connectivity index (χ3v) is 18.2. The first-order chi connectivity index (χ1) is 48.9. The quantitative estimate of drug-likeness (QED) is 0.115. The molecule has 0 atom stereocenters. The Labute approximate surface area is 610 Å². The van der Waals surface area contributed by atoms with E-state index >= 15 is 0 Å². The monoisotopic (exact) mass is 1400 g/mol. The van der Waals surface area contributed by atoms with Crippen LogP contribution in [-0.4, -0.2) is 59.8 Å². The number of halogens is 2. The van der Waals surface area contributed by atoms with Gasteiger partial charge in [-0.05, 0) is 219 Å². The largest absolute Gasteiger partial charge is 0.443 e. The molecule has 0 unspecified atom stereocenters. The van der Waals surface area contributed by atoms with Gasteiger partial charge in [0.05, 0.1) is 72.4 Å². The van der Waals surface area contributed by atoms with Gasteiger partial charge >= 0.3 is 0 Å². The summed E-state index contributed by atoms with van der Waals surface area (Å²) in [5, 5.41) is 5.12. The molecule has 0 bridgehead atoms. The summed E-state index contributed by atoms with van der Waals surface area (Å²) in [7, 11) is 0. The van der Waals surface area contributed by atoms with Crippen LogP contribution in [0.15, 0.2) is 218 Å². The molecular formula is C87H98Cl2N12O. The minimum atomic E-state index is 0.491. The number of nitrogens with one attached hydrogen (secondary N) is 4. The summed E-state index contributed by atoms with van der Waals surface area (Å²) < 4.78 is 5.14. The summed E-state index contributed by atoms with van der Waals surface area (Å²) in [6.07, 6.45) is 13.9. The average Bonchev–Trinajstić information content (AvgIpc) is 1.31. The van der Waals surface area contributed by atoms with Crippen molar-refractivity contribution >= 4 is 111 Å². The van der Waals surface area contributed by atoms with E-state index in [1.165, 1.54) is 67.2 Å². The molecule has 0 spiro atoms. The Morgan fingerprint density at radius 2 is 0.775 bits per heavy atom. The summed E-state index contributed by atoms with van der Waals surface area (Å²) >= 11 is 12.2. The number of nitrogens with zero attached hydrogens (tertiary/aromatic N) is 8. The maximum Gasteiger partial charge on any atom is 0.181 e. The first-order valence-electron chi connectivity index (χ1n) is 35.4. The minimum absolute atomic E-state index is 0.491. The van der Waals surface area contributed by atoms with Crippen molar-refractivity contribution in [3.8, 4) is 0 Å². The molecule has 0 amide bonds. The minimum Gasteiger partial charge on any atom is -0.443 e. The number of hydrogen-bond acceptors (Lipinski definition) is 9. The molecule has 8 heterocycles. The molecule has 0 saturated carbocycles. The van der Waals surface area contributed by atoms with Crippen molar-refractivity contribution in [1.82, 2.24) is 59.8 Å². The van der Waals surface area contributed by atoms with Gasteiger partial charge in [0.1, 0.15) is 16.9 Å². The first kappa shape index (κ1) is 76.1. The SMILES string of the molecule is CC(C)c1cc(Cl)c2nc[nH]c2c1.CC(C)c1cc(Cl)c2ncccc2c1.CC(C)c1ccc2[nH]ccc2c1.CC(C)c1ccc2nc[nH]c2c1.CC(C)c1ccc2ncccc2c1.CC(C)c1ccc2nccnc2c1.CC(C)c1ccc2ocnc2c1.Cc1nc2ccc(C(C)C)cc2[nH]1. The van der Waals surface area contributed by atoms with Crippen molar-refractivity contribution in [3.63, 3.8) is 0 Å². The molecule has 526 valence electrons. The van der Waals surface area contributed by atoms with Crippen molar-refractivity contribution in [3.05, 3.63) is 274 Å². The van der Waals surface area contributed by atoms with Crippen LogP contribution in [0, 0.1) is 6.92 Å². The predicted molar refractivity (Wildman–Crippen MR) is 431 cm³/mol. The van der Waals surface area contributed by atoms with Crippen molar-refractivity contribution in [2.24, 2.45) is 0 Å². The topological polar surface area (TPSA) is 179 Å². The van der Waals surface area contributed by atoms with E-state index in [0.717, 1.165) is 87.5 Å². The molecule has 0 aliphatic rings. The molecule has 16 rings (SSSR count). The lowest BCUT2D eigenvalue weighted by atomic mass is 10.0. The Bertz CT molecular complexity index is 5030. The third-order valence-electron chi connectivity index (χ3n) is 17.6. The summed E-state index contributed by atoms with van der Waals surface area (Å²) in [5.74, 6) is 5.43. The molecule has 15 heteroatoms. The van der Waals surface area contributed by atoms with Gasteiger partial charge in [-0.3, -0.25) is 19.9 Å². The smallest absolute Gasteiger partial charge is 0.181 e. The Morgan fingerprint density at radius 1 is 0.314 bits per heavy atom. The van der Waals surface area contributed by atoms with Crippen LogP contribution in [0.2, 0.25) is 10.0 Å². The van der Waals surface area contributed by atoms with Crippen molar-refractivity contribution in [1.29, 1.82) is 0 Å². The van der Waals surface area contributed by atoms with Crippen LogP contribution >= 0.6 is 23.2 Å². The highest BCUT2D eigenvalue weighted by Crippen LogP contribution is 2.30. The summed E-state index contributed by atoms with van der Waals surface area (Å²) in [5.41, 5.74) is 23.8. The zero-order valence-corrected chi connectivity index (χ0v) is 63.6. The number of aromatic nitrogens is 12. The first-order valence-corrected chi connectivity index (χ1v) is 36.2. The van der Waals surface area contributed by atoms with Gasteiger partial charge in [-0.15, -0.1) is 0 Å². The molecule has 0 saturated heterocycles. The Morgan fingerprint density at radius 3 is 1.42 bits per heavy atom. The van der Waals surface area contributed by atoms with E-state index in [2.05, 4.69) is 292 Å².